The summed E-state index contributed by atoms with van der Waals surface area (Å²) < 4.78 is 5.49. The topological polar surface area (TPSA) is 72.7 Å². The predicted octanol–water partition coefficient (Wildman–Crippen LogP) is 2.08. The van der Waals surface area contributed by atoms with Gasteiger partial charge >= 0.3 is 0 Å². The molecule has 20 heavy (non-hydrogen) atoms. The van der Waals surface area contributed by atoms with Crippen LogP contribution in [0.4, 0.5) is 5.69 Å². The third kappa shape index (κ3) is 2.21. The monoisotopic (exact) mass is 276 g/mol. The molecule has 1 saturated heterocycles. The van der Waals surface area contributed by atoms with Crippen molar-refractivity contribution in [3.63, 3.8) is 0 Å². The third-order valence-electron chi connectivity index (χ3n) is 3.95. The lowest BCUT2D eigenvalue weighted by Crippen LogP contribution is -2.39. The van der Waals surface area contributed by atoms with Crippen LogP contribution in [0.25, 0.3) is 0 Å². The number of ether oxygens (including phenoxy) is 1. The summed E-state index contributed by atoms with van der Waals surface area (Å²) in [7, 11) is 0. The molecular weight excluding hydrogens is 260 g/mol. The SMILES string of the molecule is O=C(C1COc2ccc([N+](=O)[O-])cc21)N1CCCCC1. The van der Waals surface area contributed by atoms with Gasteiger partial charge in [-0.05, 0) is 25.3 Å². The van der Waals surface area contributed by atoms with E-state index in [2.05, 4.69) is 0 Å². The lowest BCUT2D eigenvalue weighted by Gasteiger charge is -2.28. The zero-order chi connectivity index (χ0) is 14.1. The minimum atomic E-state index is -0.443. The number of rotatable bonds is 2. The van der Waals surface area contributed by atoms with E-state index in [0.717, 1.165) is 32.4 Å². The molecule has 106 valence electrons. The van der Waals surface area contributed by atoms with E-state index >= 15 is 0 Å². The highest BCUT2D eigenvalue weighted by Crippen LogP contribution is 2.37. The van der Waals surface area contributed by atoms with Gasteiger partial charge in [-0.25, -0.2) is 0 Å². The zero-order valence-electron chi connectivity index (χ0n) is 11.1. The number of nitro benzene ring substituents is 1. The molecule has 0 N–H and O–H groups in total. The molecule has 0 radical (unpaired) electrons. The Balaban J connectivity index is 1.85. The second-order valence-corrected chi connectivity index (χ2v) is 5.23. The molecule has 6 heteroatoms. The Morgan fingerprint density at radius 2 is 2.05 bits per heavy atom. The predicted molar refractivity (Wildman–Crippen MR) is 71.8 cm³/mol. The van der Waals surface area contributed by atoms with Gasteiger partial charge in [-0.2, -0.15) is 0 Å². The first-order valence-corrected chi connectivity index (χ1v) is 6.87. The molecule has 0 spiro atoms. The van der Waals surface area contributed by atoms with Gasteiger partial charge in [0.1, 0.15) is 18.3 Å². The quantitative estimate of drug-likeness (QED) is 0.612. The van der Waals surface area contributed by atoms with Crippen molar-refractivity contribution < 1.29 is 14.5 Å². The lowest BCUT2D eigenvalue weighted by molar-refractivity contribution is -0.384. The van der Waals surface area contributed by atoms with Crippen molar-refractivity contribution in [3.05, 3.63) is 33.9 Å². The van der Waals surface area contributed by atoms with Crippen LogP contribution in [0.3, 0.4) is 0 Å². The van der Waals surface area contributed by atoms with Crippen molar-refractivity contribution in [2.45, 2.75) is 25.2 Å². The number of hydrogen-bond donors (Lipinski definition) is 0. The average Bonchev–Trinajstić information content (AvgIpc) is 2.90. The van der Waals surface area contributed by atoms with Crippen LogP contribution in [0, 0.1) is 10.1 Å². The molecule has 0 bridgehead atoms. The van der Waals surface area contributed by atoms with E-state index in [9.17, 15) is 14.9 Å². The van der Waals surface area contributed by atoms with Crippen molar-refractivity contribution >= 4 is 11.6 Å². The van der Waals surface area contributed by atoms with Gasteiger partial charge in [0.2, 0.25) is 5.91 Å². The highest BCUT2D eigenvalue weighted by molar-refractivity contribution is 5.86. The Labute approximate surface area is 116 Å². The Kier molecular flexibility index (Phi) is 3.30. The minimum absolute atomic E-state index is 0.00527. The first-order chi connectivity index (χ1) is 9.66. The van der Waals surface area contributed by atoms with Crippen LogP contribution in [0.5, 0.6) is 5.75 Å². The Bertz CT molecular complexity index is 552. The Hall–Kier alpha value is -2.11. The molecule has 1 atom stereocenters. The highest BCUT2D eigenvalue weighted by atomic mass is 16.6. The molecule has 3 rings (SSSR count). The van der Waals surface area contributed by atoms with Gasteiger partial charge in [-0.3, -0.25) is 14.9 Å². The van der Waals surface area contributed by atoms with Gasteiger partial charge in [0, 0.05) is 30.8 Å². The number of nitrogens with zero attached hydrogens (tertiary/aromatic N) is 2. The summed E-state index contributed by atoms with van der Waals surface area (Å²) >= 11 is 0. The van der Waals surface area contributed by atoms with Gasteiger partial charge in [-0.15, -0.1) is 0 Å². The Morgan fingerprint density at radius 3 is 2.75 bits per heavy atom. The molecule has 2 aliphatic rings. The summed E-state index contributed by atoms with van der Waals surface area (Å²) in [4.78, 5) is 24.8. The summed E-state index contributed by atoms with van der Waals surface area (Å²) in [6, 6.07) is 4.46. The number of carbonyl (C=O) groups excluding carboxylic acids is 1. The number of fused-ring (bicyclic) bond motifs is 1. The molecule has 2 aliphatic heterocycles. The number of piperidine rings is 1. The molecule has 0 aliphatic carbocycles. The summed E-state index contributed by atoms with van der Waals surface area (Å²) in [6.45, 7) is 1.84. The van der Waals surface area contributed by atoms with E-state index in [0.29, 0.717) is 11.3 Å². The van der Waals surface area contributed by atoms with Crippen LogP contribution >= 0.6 is 0 Å². The van der Waals surface area contributed by atoms with Crippen LogP contribution in [0.2, 0.25) is 0 Å². The van der Waals surface area contributed by atoms with Crippen molar-refractivity contribution in [2.24, 2.45) is 0 Å². The first-order valence-electron chi connectivity index (χ1n) is 6.87. The number of hydrogen-bond acceptors (Lipinski definition) is 4. The van der Waals surface area contributed by atoms with Crippen molar-refractivity contribution in [3.8, 4) is 5.75 Å². The molecular formula is C14H16N2O4. The first kappa shape index (κ1) is 12.9. The van der Waals surface area contributed by atoms with Gasteiger partial charge < -0.3 is 9.64 Å². The van der Waals surface area contributed by atoms with E-state index in [-0.39, 0.29) is 18.2 Å². The largest absolute Gasteiger partial charge is 0.492 e. The normalized spacial score (nSPS) is 21.2. The van der Waals surface area contributed by atoms with Crippen LogP contribution in [0.1, 0.15) is 30.7 Å². The van der Waals surface area contributed by atoms with E-state index in [1.54, 1.807) is 6.07 Å². The summed E-state index contributed by atoms with van der Waals surface area (Å²) in [5, 5.41) is 10.8. The number of benzene rings is 1. The molecule has 2 heterocycles. The molecule has 1 fully saturated rings. The van der Waals surface area contributed by atoms with Crippen molar-refractivity contribution in [1.29, 1.82) is 0 Å². The molecule has 0 saturated carbocycles. The maximum absolute atomic E-state index is 12.5. The van der Waals surface area contributed by atoms with E-state index in [1.165, 1.54) is 12.1 Å². The standard InChI is InChI=1S/C14H16N2O4/c17-14(15-6-2-1-3-7-15)12-9-20-13-5-4-10(16(18)19)8-11(12)13/h4-5,8,12H,1-3,6-7,9H2. The maximum atomic E-state index is 12.5. The molecule has 6 nitrogen and oxygen atoms in total. The number of amides is 1. The molecule has 1 amide bonds. The molecule has 1 aromatic carbocycles. The van der Waals surface area contributed by atoms with Gasteiger partial charge in [-0.1, -0.05) is 0 Å². The van der Waals surface area contributed by atoms with Gasteiger partial charge in [0.05, 0.1) is 4.92 Å². The summed E-state index contributed by atoms with van der Waals surface area (Å²) in [6.07, 6.45) is 3.22. The van der Waals surface area contributed by atoms with Crippen LogP contribution < -0.4 is 4.74 Å². The average molecular weight is 276 g/mol. The summed E-state index contributed by atoms with van der Waals surface area (Å²) in [5.74, 6) is 0.220. The zero-order valence-corrected chi connectivity index (χ0v) is 11.1. The van der Waals surface area contributed by atoms with Crippen LogP contribution in [-0.4, -0.2) is 35.4 Å². The fourth-order valence-electron chi connectivity index (χ4n) is 2.86. The number of non-ortho nitro benzene ring substituents is 1. The fourth-order valence-corrected chi connectivity index (χ4v) is 2.86. The number of nitro groups is 1. The molecule has 0 aromatic heterocycles. The maximum Gasteiger partial charge on any atom is 0.270 e. The van der Waals surface area contributed by atoms with Gasteiger partial charge in [0.15, 0.2) is 0 Å². The smallest absolute Gasteiger partial charge is 0.270 e. The lowest BCUT2D eigenvalue weighted by atomic mass is 9.98. The molecule has 1 unspecified atom stereocenters. The van der Waals surface area contributed by atoms with Crippen LogP contribution in [-0.2, 0) is 4.79 Å². The Morgan fingerprint density at radius 1 is 1.30 bits per heavy atom. The second kappa shape index (κ2) is 5.11. The summed E-state index contributed by atoms with van der Waals surface area (Å²) in [5.41, 5.74) is 0.653. The van der Waals surface area contributed by atoms with E-state index in [4.69, 9.17) is 4.74 Å². The highest BCUT2D eigenvalue weighted by Gasteiger charge is 2.35. The third-order valence-corrected chi connectivity index (χ3v) is 3.95. The minimum Gasteiger partial charge on any atom is -0.492 e. The van der Waals surface area contributed by atoms with E-state index < -0.39 is 10.8 Å². The number of likely N-dealkylation sites (tertiary alicyclic amines) is 1. The molecule has 1 aromatic rings. The fraction of sp³-hybridized carbons (Fsp3) is 0.500. The number of carbonyl (C=O) groups is 1. The van der Waals surface area contributed by atoms with E-state index in [1.807, 2.05) is 4.90 Å². The van der Waals surface area contributed by atoms with Crippen LogP contribution in [0.15, 0.2) is 18.2 Å². The van der Waals surface area contributed by atoms with Crippen molar-refractivity contribution in [2.75, 3.05) is 19.7 Å². The van der Waals surface area contributed by atoms with Crippen molar-refractivity contribution in [1.82, 2.24) is 4.90 Å². The van der Waals surface area contributed by atoms with Gasteiger partial charge in [0.25, 0.3) is 5.69 Å². The second-order valence-electron chi connectivity index (χ2n) is 5.23.